The molecule has 1 fully saturated rings. The summed E-state index contributed by atoms with van der Waals surface area (Å²) in [4.78, 5) is 19.7. The lowest BCUT2D eigenvalue weighted by molar-refractivity contribution is 0.0696. The molecule has 1 saturated heterocycles. The molecule has 1 aromatic rings. The number of aromatic nitrogens is 1. The quantitative estimate of drug-likeness (QED) is 0.896. The molecule has 1 N–H and O–H groups in total. The third kappa shape index (κ3) is 3.04. The van der Waals surface area contributed by atoms with Crippen molar-refractivity contribution in [1.82, 2.24) is 9.88 Å². The molecule has 19 heavy (non-hydrogen) atoms. The zero-order valence-corrected chi connectivity index (χ0v) is 11.5. The van der Waals surface area contributed by atoms with Gasteiger partial charge < -0.3 is 10.0 Å². The van der Waals surface area contributed by atoms with E-state index < -0.39 is 5.97 Å². The molecular weight excluding hydrogens is 242 g/mol. The van der Waals surface area contributed by atoms with E-state index in [4.69, 9.17) is 0 Å². The first kappa shape index (κ1) is 13.8. The van der Waals surface area contributed by atoms with Crippen LogP contribution in [0.15, 0.2) is 18.5 Å². The van der Waals surface area contributed by atoms with Crippen molar-refractivity contribution in [1.29, 1.82) is 0 Å². The summed E-state index contributed by atoms with van der Waals surface area (Å²) in [5.41, 5.74) is 1.07. The fraction of sp³-hybridized carbons (Fsp3) is 0.571. The van der Waals surface area contributed by atoms with Gasteiger partial charge in [-0.25, -0.2) is 4.79 Å². The van der Waals surface area contributed by atoms with Crippen LogP contribution >= 0.6 is 0 Å². The lowest BCUT2D eigenvalue weighted by Crippen LogP contribution is -2.49. The number of anilines is 1. The van der Waals surface area contributed by atoms with Gasteiger partial charge in [-0.05, 0) is 19.4 Å². The Hall–Kier alpha value is -1.62. The summed E-state index contributed by atoms with van der Waals surface area (Å²) in [6.45, 7) is 8.14. The van der Waals surface area contributed by atoms with Crippen molar-refractivity contribution >= 4 is 11.7 Å². The number of carbonyl (C=O) groups is 1. The Balaban J connectivity index is 2.08. The van der Waals surface area contributed by atoms with Gasteiger partial charge in [0.15, 0.2) is 0 Å². The topological polar surface area (TPSA) is 56.7 Å². The fourth-order valence-corrected chi connectivity index (χ4v) is 2.49. The molecule has 1 unspecified atom stereocenters. The predicted molar refractivity (Wildman–Crippen MR) is 74.7 cm³/mol. The van der Waals surface area contributed by atoms with Crippen LogP contribution < -0.4 is 4.90 Å². The lowest BCUT2D eigenvalue weighted by Gasteiger charge is -2.39. The van der Waals surface area contributed by atoms with E-state index in [1.54, 1.807) is 12.3 Å². The van der Waals surface area contributed by atoms with Gasteiger partial charge in [0, 0.05) is 44.6 Å². The van der Waals surface area contributed by atoms with Gasteiger partial charge in [0.25, 0.3) is 0 Å². The number of pyridine rings is 1. The highest BCUT2D eigenvalue weighted by molar-refractivity contribution is 5.94. The summed E-state index contributed by atoms with van der Waals surface area (Å²) in [7, 11) is 0. The second-order valence-electron chi connectivity index (χ2n) is 4.98. The number of carboxylic acids is 1. The van der Waals surface area contributed by atoms with Gasteiger partial charge in [-0.3, -0.25) is 9.88 Å². The van der Waals surface area contributed by atoms with Crippen molar-refractivity contribution < 1.29 is 9.90 Å². The number of aromatic carboxylic acids is 1. The molecule has 0 aliphatic carbocycles. The number of carboxylic acid groups (broad SMARTS) is 1. The molecular formula is C14H21N3O2. The molecule has 5 heteroatoms. The Morgan fingerprint density at radius 2 is 2.11 bits per heavy atom. The Kier molecular flexibility index (Phi) is 4.37. The Morgan fingerprint density at radius 3 is 2.68 bits per heavy atom. The molecule has 0 radical (unpaired) electrons. The van der Waals surface area contributed by atoms with E-state index >= 15 is 0 Å². The van der Waals surface area contributed by atoms with Gasteiger partial charge in [-0.2, -0.15) is 0 Å². The van der Waals surface area contributed by atoms with Crippen LogP contribution in [0.5, 0.6) is 0 Å². The van der Waals surface area contributed by atoms with Gasteiger partial charge in [0.2, 0.25) is 0 Å². The van der Waals surface area contributed by atoms with Crippen LogP contribution in [0.1, 0.15) is 30.6 Å². The second kappa shape index (κ2) is 6.02. The first-order chi connectivity index (χ1) is 9.13. The molecule has 0 aromatic carbocycles. The minimum absolute atomic E-state index is 0.291. The second-order valence-corrected chi connectivity index (χ2v) is 4.98. The van der Waals surface area contributed by atoms with Gasteiger partial charge >= 0.3 is 5.97 Å². The van der Waals surface area contributed by atoms with E-state index in [0.29, 0.717) is 11.6 Å². The maximum atomic E-state index is 11.2. The maximum absolute atomic E-state index is 11.2. The molecule has 5 nitrogen and oxygen atoms in total. The standard InChI is InChI=1S/C14H21N3O2/c1-3-11(2)16-6-8-17(9-7-16)13-4-5-15-10-12(13)14(18)19/h4-5,10-11H,3,6-9H2,1-2H3,(H,18,19). The van der Waals surface area contributed by atoms with Crippen LogP contribution in [0.25, 0.3) is 0 Å². The first-order valence-electron chi connectivity index (χ1n) is 6.79. The highest BCUT2D eigenvalue weighted by atomic mass is 16.4. The molecule has 0 amide bonds. The van der Waals surface area contributed by atoms with Crippen molar-refractivity contribution in [2.45, 2.75) is 26.3 Å². The van der Waals surface area contributed by atoms with E-state index in [-0.39, 0.29) is 0 Å². The minimum atomic E-state index is -0.910. The van der Waals surface area contributed by atoms with Crippen LogP contribution in [0, 0.1) is 0 Å². The average molecular weight is 263 g/mol. The number of piperazine rings is 1. The van der Waals surface area contributed by atoms with Crippen molar-refractivity contribution in [3.05, 3.63) is 24.0 Å². The summed E-state index contributed by atoms with van der Waals surface area (Å²) in [5, 5.41) is 9.20. The molecule has 1 aromatic heterocycles. The maximum Gasteiger partial charge on any atom is 0.339 e. The molecule has 1 aliphatic heterocycles. The predicted octanol–water partition coefficient (Wildman–Crippen LogP) is 1.70. The van der Waals surface area contributed by atoms with Crippen LogP contribution in [0.2, 0.25) is 0 Å². The van der Waals surface area contributed by atoms with Crippen molar-refractivity contribution in [3.8, 4) is 0 Å². The van der Waals surface area contributed by atoms with Gasteiger partial charge in [-0.15, -0.1) is 0 Å². The van der Waals surface area contributed by atoms with Crippen molar-refractivity contribution in [2.24, 2.45) is 0 Å². The fourth-order valence-electron chi connectivity index (χ4n) is 2.49. The summed E-state index contributed by atoms with van der Waals surface area (Å²) in [6, 6.07) is 2.39. The van der Waals surface area contributed by atoms with Crippen LogP contribution in [-0.4, -0.2) is 53.2 Å². The highest BCUT2D eigenvalue weighted by Gasteiger charge is 2.23. The van der Waals surface area contributed by atoms with E-state index in [2.05, 4.69) is 28.6 Å². The van der Waals surface area contributed by atoms with Gasteiger partial charge in [-0.1, -0.05) is 6.92 Å². The van der Waals surface area contributed by atoms with E-state index in [0.717, 1.165) is 38.3 Å². The van der Waals surface area contributed by atoms with E-state index in [1.807, 2.05) is 0 Å². The molecule has 1 aliphatic rings. The summed E-state index contributed by atoms with van der Waals surface area (Å²) >= 11 is 0. The largest absolute Gasteiger partial charge is 0.478 e. The molecule has 104 valence electrons. The van der Waals surface area contributed by atoms with Crippen molar-refractivity contribution in [2.75, 3.05) is 31.1 Å². The first-order valence-corrected chi connectivity index (χ1v) is 6.79. The van der Waals surface area contributed by atoms with E-state index in [1.165, 1.54) is 6.20 Å². The van der Waals surface area contributed by atoms with Crippen LogP contribution in [0.3, 0.4) is 0 Å². The Bertz CT molecular complexity index is 442. The summed E-state index contributed by atoms with van der Waals surface area (Å²) in [5.74, 6) is -0.910. The average Bonchev–Trinajstić information content (AvgIpc) is 2.46. The van der Waals surface area contributed by atoms with Gasteiger partial charge in [0.05, 0.1) is 5.69 Å². The normalized spacial score (nSPS) is 18.3. The number of nitrogens with zero attached hydrogens (tertiary/aromatic N) is 3. The third-order valence-corrected chi connectivity index (χ3v) is 3.90. The van der Waals surface area contributed by atoms with Crippen molar-refractivity contribution in [3.63, 3.8) is 0 Å². The van der Waals surface area contributed by atoms with Crippen LogP contribution in [0.4, 0.5) is 5.69 Å². The minimum Gasteiger partial charge on any atom is -0.478 e. The zero-order valence-electron chi connectivity index (χ0n) is 11.5. The SMILES string of the molecule is CCC(C)N1CCN(c2ccncc2C(=O)O)CC1. The Morgan fingerprint density at radius 1 is 1.42 bits per heavy atom. The zero-order chi connectivity index (χ0) is 13.8. The number of hydrogen-bond donors (Lipinski definition) is 1. The Labute approximate surface area is 113 Å². The smallest absolute Gasteiger partial charge is 0.339 e. The molecule has 0 spiro atoms. The molecule has 2 heterocycles. The summed E-state index contributed by atoms with van der Waals surface area (Å²) in [6.07, 6.45) is 4.23. The lowest BCUT2D eigenvalue weighted by atomic mass is 10.1. The monoisotopic (exact) mass is 263 g/mol. The van der Waals surface area contributed by atoms with Crippen LogP contribution in [-0.2, 0) is 0 Å². The highest BCUT2D eigenvalue weighted by Crippen LogP contribution is 2.21. The van der Waals surface area contributed by atoms with E-state index in [9.17, 15) is 9.90 Å². The third-order valence-electron chi connectivity index (χ3n) is 3.90. The molecule has 0 saturated carbocycles. The summed E-state index contributed by atoms with van der Waals surface area (Å²) < 4.78 is 0. The molecule has 2 rings (SSSR count). The number of hydrogen-bond acceptors (Lipinski definition) is 4. The molecule has 1 atom stereocenters. The molecule has 0 bridgehead atoms. The van der Waals surface area contributed by atoms with Gasteiger partial charge in [0.1, 0.15) is 5.56 Å². The number of rotatable bonds is 4.